The van der Waals surface area contributed by atoms with Crippen LogP contribution in [-0.4, -0.2) is 30.1 Å². The number of nitrogens with zero attached hydrogens (tertiary/aromatic N) is 1. The van der Waals surface area contributed by atoms with E-state index in [1.54, 1.807) is 38.6 Å². The van der Waals surface area contributed by atoms with Crippen LogP contribution < -0.4 is 14.8 Å². The zero-order valence-corrected chi connectivity index (χ0v) is 18.7. The Kier molecular flexibility index (Phi) is 6.61. The summed E-state index contributed by atoms with van der Waals surface area (Å²) in [4.78, 5) is 20.6. The van der Waals surface area contributed by atoms with Crippen molar-refractivity contribution < 1.29 is 14.3 Å². The summed E-state index contributed by atoms with van der Waals surface area (Å²) < 4.78 is 10.6. The van der Waals surface area contributed by atoms with Crippen LogP contribution in [0.25, 0.3) is 22.3 Å². The second kappa shape index (κ2) is 9.75. The van der Waals surface area contributed by atoms with Crippen LogP contribution in [0, 0.1) is 0 Å². The predicted molar refractivity (Wildman–Crippen MR) is 128 cm³/mol. The summed E-state index contributed by atoms with van der Waals surface area (Å²) in [6, 6.07) is 16.9. The van der Waals surface area contributed by atoms with Crippen LogP contribution in [0.5, 0.6) is 11.5 Å². The number of carbonyl (C=O) groups excluding carboxylic acids is 1. The molecule has 4 aromatic rings. The molecule has 0 bridgehead atoms. The first-order valence-corrected chi connectivity index (χ1v) is 10.7. The van der Waals surface area contributed by atoms with Crippen LogP contribution in [0.4, 0.5) is 5.69 Å². The number of nitrogens with one attached hydrogen (secondary N) is 2. The summed E-state index contributed by atoms with van der Waals surface area (Å²) >= 11 is 6.26. The summed E-state index contributed by atoms with van der Waals surface area (Å²) in [7, 11) is 3.15. The Labute approximate surface area is 191 Å². The molecule has 2 N–H and O–H groups in total. The number of anilines is 1. The molecule has 0 spiro atoms. The van der Waals surface area contributed by atoms with E-state index in [1.807, 2.05) is 36.4 Å². The van der Waals surface area contributed by atoms with Gasteiger partial charge in [0.05, 0.1) is 31.3 Å². The van der Waals surface area contributed by atoms with Crippen molar-refractivity contribution in [3.05, 3.63) is 71.4 Å². The Hall–Kier alpha value is -3.51. The highest BCUT2D eigenvalue weighted by molar-refractivity contribution is 6.31. The minimum Gasteiger partial charge on any atom is -0.497 e. The second-order valence-corrected chi connectivity index (χ2v) is 7.79. The third-order valence-electron chi connectivity index (χ3n) is 5.30. The second-order valence-electron chi connectivity index (χ2n) is 7.35. The summed E-state index contributed by atoms with van der Waals surface area (Å²) in [6.45, 7) is 0. The number of carbonyl (C=O) groups is 1. The lowest BCUT2D eigenvalue weighted by Gasteiger charge is -2.11. The zero-order valence-electron chi connectivity index (χ0n) is 17.9. The van der Waals surface area contributed by atoms with Crippen molar-refractivity contribution in [1.82, 2.24) is 9.97 Å². The van der Waals surface area contributed by atoms with Crippen LogP contribution in [0.15, 0.2) is 60.8 Å². The van der Waals surface area contributed by atoms with Gasteiger partial charge in [-0.05, 0) is 60.9 Å². The largest absolute Gasteiger partial charge is 0.497 e. The van der Waals surface area contributed by atoms with Crippen LogP contribution in [0.3, 0.4) is 0 Å². The molecule has 2 aromatic carbocycles. The molecular formula is C25H24ClN3O3. The number of amides is 1. The van der Waals surface area contributed by atoms with Crippen LogP contribution in [0.2, 0.25) is 5.02 Å². The van der Waals surface area contributed by atoms with Gasteiger partial charge in [0.2, 0.25) is 5.91 Å². The standard InChI is InChI=1S/C25H24ClN3O3/c1-31-17-10-12-21(23(15-17)32-2)28-24(30)8-5-6-18-19-14-16(26)9-11-20(19)29-25(18)22-7-3-4-13-27-22/h3-4,7,9-15,29H,5-6,8H2,1-2H3,(H,28,30). The quantitative estimate of drug-likeness (QED) is 0.353. The van der Waals surface area contributed by atoms with Gasteiger partial charge in [0.25, 0.3) is 0 Å². The highest BCUT2D eigenvalue weighted by Crippen LogP contribution is 2.33. The summed E-state index contributed by atoms with van der Waals surface area (Å²) in [6.07, 6.45) is 3.51. The van der Waals surface area contributed by atoms with Crippen molar-refractivity contribution in [2.75, 3.05) is 19.5 Å². The fourth-order valence-electron chi connectivity index (χ4n) is 3.75. The van der Waals surface area contributed by atoms with E-state index in [0.29, 0.717) is 41.5 Å². The van der Waals surface area contributed by atoms with Gasteiger partial charge in [0.1, 0.15) is 11.5 Å². The van der Waals surface area contributed by atoms with Gasteiger partial charge in [0.15, 0.2) is 0 Å². The number of aromatic amines is 1. The smallest absolute Gasteiger partial charge is 0.224 e. The maximum atomic E-state index is 12.6. The molecule has 2 heterocycles. The number of ether oxygens (including phenoxy) is 2. The monoisotopic (exact) mass is 449 g/mol. The first-order valence-electron chi connectivity index (χ1n) is 10.3. The lowest BCUT2D eigenvalue weighted by atomic mass is 10.0. The Morgan fingerprint density at radius 1 is 1.09 bits per heavy atom. The number of rotatable bonds is 8. The number of halogens is 1. The molecule has 2 aromatic heterocycles. The summed E-state index contributed by atoms with van der Waals surface area (Å²) in [5.41, 5.74) is 4.54. The molecule has 0 unspecified atom stereocenters. The summed E-state index contributed by atoms with van der Waals surface area (Å²) in [5, 5.41) is 4.65. The van der Waals surface area contributed by atoms with E-state index in [2.05, 4.69) is 15.3 Å². The molecule has 0 aliphatic rings. The number of pyridine rings is 1. The lowest BCUT2D eigenvalue weighted by molar-refractivity contribution is -0.116. The van der Waals surface area contributed by atoms with Gasteiger partial charge in [-0.25, -0.2) is 0 Å². The number of hydrogen-bond acceptors (Lipinski definition) is 4. The van der Waals surface area contributed by atoms with Crippen LogP contribution in [0.1, 0.15) is 18.4 Å². The van der Waals surface area contributed by atoms with E-state index in [1.165, 1.54) is 0 Å². The maximum Gasteiger partial charge on any atom is 0.224 e. The van der Waals surface area contributed by atoms with E-state index >= 15 is 0 Å². The lowest BCUT2D eigenvalue weighted by Crippen LogP contribution is -2.12. The predicted octanol–water partition coefficient (Wildman–Crippen LogP) is 5.86. The molecule has 32 heavy (non-hydrogen) atoms. The number of benzene rings is 2. The van der Waals surface area contributed by atoms with Gasteiger partial charge >= 0.3 is 0 Å². The van der Waals surface area contributed by atoms with Crippen molar-refractivity contribution in [3.8, 4) is 22.9 Å². The zero-order chi connectivity index (χ0) is 22.5. The molecule has 6 nitrogen and oxygen atoms in total. The van der Waals surface area contributed by atoms with Crippen molar-refractivity contribution >= 4 is 34.1 Å². The number of aryl methyl sites for hydroxylation is 1. The highest BCUT2D eigenvalue weighted by Gasteiger charge is 2.15. The van der Waals surface area contributed by atoms with Gasteiger partial charge in [-0.3, -0.25) is 9.78 Å². The van der Waals surface area contributed by atoms with Gasteiger partial charge in [-0.1, -0.05) is 17.7 Å². The van der Waals surface area contributed by atoms with Gasteiger partial charge in [-0.2, -0.15) is 0 Å². The Morgan fingerprint density at radius 2 is 1.97 bits per heavy atom. The van der Waals surface area contributed by atoms with Crippen LogP contribution >= 0.6 is 11.6 Å². The minimum absolute atomic E-state index is 0.0780. The molecule has 0 aliphatic carbocycles. The summed E-state index contributed by atoms with van der Waals surface area (Å²) in [5.74, 6) is 1.15. The van der Waals surface area contributed by atoms with Gasteiger partial charge < -0.3 is 19.8 Å². The van der Waals surface area contributed by atoms with E-state index in [4.69, 9.17) is 21.1 Å². The van der Waals surface area contributed by atoms with E-state index in [0.717, 1.165) is 27.9 Å². The molecular weight excluding hydrogens is 426 g/mol. The molecule has 1 amide bonds. The fourth-order valence-corrected chi connectivity index (χ4v) is 3.92. The van der Waals surface area contributed by atoms with Crippen LogP contribution in [-0.2, 0) is 11.2 Å². The number of fused-ring (bicyclic) bond motifs is 1. The van der Waals surface area contributed by atoms with Crippen molar-refractivity contribution in [2.24, 2.45) is 0 Å². The third kappa shape index (κ3) is 4.70. The molecule has 0 saturated heterocycles. The average molecular weight is 450 g/mol. The van der Waals surface area contributed by atoms with E-state index < -0.39 is 0 Å². The van der Waals surface area contributed by atoms with Crippen molar-refractivity contribution in [2.45, 2.75) is 19.3 Å². The molecule has 0 saturated carbocycles. The Morgan fingerprint density at radius 3 is 2.72 bits per heavy atom. The van der Waals surface area contributed by atoms with Gasteiger partial charge in [-0.15, -0.1) is 0 Å². The van der Waals surface area contributed by atoms with E-state index in [9.17, 15) is 4.79 Å². The topological polar surface area (TPSA) is 76.2 Å². The van der Waals surface area contributed by atoms with E-state index in [-0.39, 0.29) is 5.91 Å². The van der Waals surface area contributed by atoms with Crippen molar-refractivity contribution in [3.63, 3.8) is 0 Å². The maximum absolute atomic E-state index is 12.6. The van der Waals surface area contributed by atoms with Crippen molar-refractivity contribution in [1.29, 1.82) is 0 Å². The first kappa shape index (κ1) is 21.7. The molecule has 0 radical (unpaired) electrons. The Bertz CT molecular complexity index is 1240. The molecule has 0 atom stereocenters. The highest BCUT2D eigenvalue weighted by atomic mass is 35.5. The fraction of sp³-hybridized carbons (Fsp3) is 0.200. The number of H-pyrrole nitrogens is 1. The number of methoxy groups -OCH3 is 2. The molecule has 0 fully saturated rings. The van der Waals surface area contributed by atoms with Gasteiger partial charge in [0, 0.05) is 34.6 Å². The third-order valence-corrected chi connectivity index (χ3v) is 5.54. The number of hydrogen-bond donors (Lipinski definition) is 2. The number of aromatic nitrogens is 2. The molecule has 164 valence electrons. The normalized spacial score (nSPS) is 10.8. The average Bonchev–Trinajstić information content (AvgIpc) is 3.17. The Balaban J connectivity index is 1.50. The minimum atomic E-state index is -0.0780. The first-order chi connectivity index (χ1) is 15.6. The molecule has 7 heteroatoms. The molecule has 0 aliphatic heterocycles. The molecule has 4 rings (SSSR count). The SMILES string of the molecule is COc1ccc(NC(=O)CCCc2c(-c3ccccn3)[nH]c3ccc(Cl)cc23)c(OC)c1.